The molecule has 1 heterocycles. The van der Waals surface area contributed by atoms with Gasteiger partial charge in [-0.1, -0.05) is 0 Å². The maximum absolute atomic E-state index is 8.46. The number of hydrogen-bond acceptors (Lipinski definition) is 3. The van der Waals surface area contributed by atoms with Crippen molar-refractivity contribution in [2.24, 2.45) is 0 Å². The van der Waals surface area contributed by atoms with Crippen molar-refractivity contribution in [1.82, 2.24) is 9.80 Å². The molecular weight excluding hydrogens is 186 g/mol. The monoisotopic (exact) mass is 209 g/mol. The first-order valence-electron chi connectivity index (χ1n) is 5.99. The van der Waals surface area contributed by atoms with Crippen LogP contribution < -0.4 is 0 Å². The van der Waals surface area contributed by atoms with Crippen LogP contribution in [-0.4, -0.2) is 49.6 Å². The Balaban J connectivity index is 2.18. The number of likely N-dealkylation sites (tertiary alicyclic amines) is 1. The normalized spacial score (nSPS) is 22.1. The molecule has 15 heavy (non-hydrogen) atoms. The Bertz CT molecular complexity index is 207. The maximum atomic E-state index is 8.46. The van der Waals surface area contributed by atoms with Gasteiger partial charge in [-0.05, 0) is 52.9 Å². The molecule has 1 aliphatic rings. The molecule has 1 aliphatic heterocycles. The Kier molecular flexibility index (Phi) is 5.67. The molecule has 1 fully saturated rings. The molecule has 0 radical (unpaired) electrons. The van der Waals surface area contributed by atoms with Crippen molar-refractivity contribution in [2.45, 2.75) is 38.1 Å². The second-order valence-corrected chi connectivity index (χ2v) is 4.71. The van der Waals surface area contributed by atoms with Gasteiger partial charge in [0.05, 0.1) is 6.07 Å². The minimum atomic E-state index is 0.714. The minimum absolute atomic E-state index is 0.714. The first-order valence-corrected chi connectivity index (χ1v) is 5.99. The number of hydrogen-bond donors (Lipinski definition) is 0. The summed E-state index contributed by atoms with van der Waals surface area (Å²) in [6.07, 6.45) is 5.64. The maximum Gasteiger partial charge on any atom is 0.0621 e. The highest BCUT2D eigenvalue weighted by Crippen LogP contribution is 2.18. The molecule has 0 spiro atoms. The van der Waals surface area contributed by atoms with Gasteiger partial charge in [-0.2, -0.15) is 5.26 Å². The molecule has 0 aromatic heterocycles. The number of nitrogens with zero attached hydrogens (tertiary/aromatic N) is 3. The van der Waals surface area contributed by atoms with Gasteiger partial charge in [-0.15, -0.1) is 0 Å². The van der Waals surface area contributed by atoms with Crippen molar-refractivity contribution in [3.63, 3.8) is 0 Å². The van der Waals surface area contributed by atoms with E-state index in [0.717, 1.165) is 12.5 Å². The summed E-state index contributed by atoms with van der Waals surface area (Å²) in [4.78, 5) is 4.87. The average Bonchev–Trinajstić information content (AvgIpc) is 2.59. The van der Waals surface area contributed by atoms with Crippen molar-refractivity contribution in [3.05, 3.63) is 0 Å². The molecule has 0 aromatic rings. The van der Waals surface area contributed by atoms with Gasteiger partial charge in [-0.25, -0.2) is 0 Å². The fraction of sp³-hybridized carbons (Fsp3) is 0.917. The third kappa shape index (κ3) is 4.63. The Morgan fingerprint density at radius 2 is 2.20 bits per heavy atom. The third-order valence-electron chi connectivity index (χ3n) is 3.06. The highest BCUT2D eigenvalue weighted by Gasteiger charge is 2.23. The summed E-state index contributed by atoms with van der Waals surface area (Å²) in [5, 5.41) is 8.46. The third-order valence-corrected chi connectivity index (χ3v) is 3.06. The largest absolute Gasteiger partial charge is 0.308 e. The van der Waals surface area contributed by atoms with Gasteiger partial charge in [-0.3, -0.25) is 4.90 Å². The van der Waals surface area contributed by atoms with E-state index >= 15 is 0 Å². The first kappa shape index (κ1) is 12.5. The van der Waals surface area contributed by atoms with E-state index < -0.39 is 0 Å². The second-order valence-electron chi connectivity index (χ2n) is 4.71. The van der Waals surface area contributed by atoms with Crippen molar-refractivity contribution in [3.8, 4) is 6.07 Å². The molecule has 3 heteroatoms. The average molecular weight is 209 g/mol. The standard InChI is InChI=1S/C12H23N3/c1-14(2)11-12-7-6-10-15(12)9-5-3-4-8-13/h12H,3-7,9-11H2,1-2H3. The van der Waals surface area contributed by atoms with E-state index in [1.807, 2.05) is 0 Å². The Morgan fingerprint density at radius 3 is 2.87 bits per heavy atom. The SMILES string of the molecule is CN(C)CC1CCCN1CCCCC#N. The van der Waals surface area contributed by atoms with Crippen LogP contribution in [0.4, 0.5) is 0 Å². The lowest BCUT2D eigenvalue weighted by Crippen LogP contribution is -2.37. The van der Waals surface area contributed by atoms with Gasteiger partial charge >= 0.3 is 0 Å². The summed E-state index contributed by atoms with van der Waals surface area (Å²) in [6, 6.07) is 2.96. The van der Waals surface area contributed by atoms with Crippen LogP contribution in [0.1, 0.15) is 32.1 Å². The molecule has 1 unspecified atom stereocenters. The number of rotatable bonds is 6. The zero-order chi connectivity index (χ0) is 11.1. The summed E-state index contributed by atoms with van der Waals surface area (Å²) < 4.78 is 0. The number of nitriles is 1. The van der Waals surface area contributed by atoms with Gasteiger partial charge in [0.1, 0.15) is 0 Å². The highest BCUT2D eigenvalue weighted by atomic mass is 15.2. The molecule has 0 aromatic carbocycles. The predicted octanol–water partition coefficient (Wildman–Crippen LogP) is 1.71. The molecule has 3 nitrogen and oxygen atoms in total. The van der Waals surface area contributed by atoms with Crippen LogP contribution in [0, 0.1) is 11.3 Å². The van der Waals surface area contributed by atoms with E-state index in [4.69, 9.17) is 5.26 Å². The molecular formula is C12H23N3. The summed E-state index contributed by atoms with van der Waals surface area (Å²) >= 11 is 0. The van der Waals surface area contributed by atoms with Gasteiger partial charge in [0, 0.05) is 19.0 Å². The van der Waals surface area contributed by atoms with Crippen molar-refractivity contribution < 1.29 is 0 Å². The molecule has 1 rings (SSSR count). The summed E-state index contributed by atoms with van der Waals surface area (Å²) in [5.41, 5.74) is 0. The Morgan fingerprint density at radius 1 is 1.40 bits per heavy atom. The summed E-state index contributed by atoms with van der Waals surface area (Å²) in [6.45, 7) is 3.61. The van der Waals surface area contributed by atoms with Crippen molar-refractivity contribution >= 4 is 0 Å². The van der Waals surface area contributed by atoms with E-state index in [9.17, 15) is 0 Å². The van der Waals surface area contributed by atoms with Gasteiger partial charge < -0.3 is 4.90 Å². The summed E-state index contributed by atoms with van der Waals surface area (Å²) in [7, 11) is 4.29. The fourth-order valence-corrected chi connectivity index (χ4v) is 2.34. The Labute approximate surface area is 93.7 Å². The zero-order valence-electron chi connectivity index (χ0n) is 10.1. The van der Waals surface area contributed by atoms with Crippen LogP contribution in [0.3, 0.4) is 0 Å². The molecule has 0 aliphatic carbocycles. The molecule has 0 amide bonds. The smallest absolute Gasteiger partial charge is 0.0621 e. The molecule has 0 saturated carbocycles. The van der Waals surface area contributed by atoms with E-state index in [1.165, 1.54) is 38.9 Å². The van der Waals surface area contributed by atoms with Crippen molar-refractivity contribution in [2.75, 3.05) is 33.7 Å². The quantitative estimate of drug-likeness (QED) is 0.624. The molecule has 1 saturated heterocycles. The highest BCUT2D eigenvalue weighted by molar-refractivity contribution is 4.81. The molecule has 0 N–H and O–H groups in total. The summed E-state index contributed by atoms with van der Waals surface area (Å²) in [5.74, 6) is 0. The Hall–Kier alpha value is -0.590. The van der Waals surface area contributed by atoms with Crippen LogP contribution >= 0.6 is 0 Å². The van der Waals surface area contributed by atoms with Crippen LogP contribution in [0.5, 0.6) is 0 Å². The molecule has 86 valence electrons. The fourth-order valence-electron chi connectivity index (χ4n) is 2.34. The van der Waals surface area contributed by atoms with E-state index in [0.29, 0.717) is 6.42 Å². The van der Waals surface area contributed by atoms with Crippen LogP contribution in [-0.2, 0) is 0 Å². The molecule has 0 bridgehead atoms. The lowest BCUT2D eigenvalue weighted by Gasteiger charge is -2.26. The number of likely N-dealkylation sites (N-methyl/N-ethyl adjacent to an activating group) is 1. The predicted molar refractivity (Wildman–Crippen MR) is 62.6 cm³/mol. The van der Waals surface area contributed by atoms with E-state index in [-0.39, 0.29) is 0 Å². The van der Waals surface area contributed by atoms with Crippen LogP contribution in [0.25, 0.3) is 0 Å². The topological polar surface area (TPSA) is 30.3 Å². The second kappa shape index (κ2) is 6.81. The first-order chi connectivity index (χ1) is 7.24. The zero-order valence-corrected chi connectivity index (χ0v) is 10.1. The van der Waals surface area contributed by atoms with Crippen LogP contribution in [0.2, 0.25) is 0 Å². The van der Waals surface area contributed by atoms with Gasteiger partial charge in [0.15, 0.2) is 0 Å². The van der Waals surface area contributed by atoms with Gasteiger partial charge in [0.25, 0.3) is 0 Å². The van der Waals surface area contributed by atoms with E-state index in [2.05, 4.69) is 30.0 Å². The van der Waals surface area contributed by atoms with Crippen molar-refractivity contribution in [1.29, 1.82) is 5.26 Å². The lowest BCUT2D eigenvalue weighted by atomic mass is 10.2. The minimum Gasteiger partial charge on any atom is -0.308 e. The van der Waals surface area contributed by atoms with E-state index in [1.54, 1.807) is 0 Å². The van der Waals surface area contributed by atoms with Crippen LogP contribution in [0.15, 0.2) is 0 Å². The lowest BCUT2D eigenvalue weighted by molar-refractivity contribution is 0.205. The molecule has 1 atom stereocenters. The number of unbranched alkanes of at least 4 members (excludes halogenated alkanes) is 2. The van der Waals surface area contributed by atoms with Gasteiger partial charge in [0.2, 0.25) is 0 Å².